The van der Waals surface area contributed by atoms with Gasteiger partial charge in [0.1, 0.15) is 6.29 Å². The van der Waals surface area contributed by atoms with Crippen molar-refractivity contribution in [3.05, 3.63) is 35.4 Å². The van der Waals surface area contributed by atoms with Crippen LogP contribution in [-0.4, -0.2) is 25.3 Å². The SMILES string of the molecule is CC(C)c1ccccc1C1(C=O)CCC2(CC1)OCCO2. The zero-order chi connectivity index (χ0) is 14.9. The summed E-state index contributed by atoms with van der Waals surface area (Å²) < 4.78 is 11.6. The Hall–Kier alpha value is -1.19. The fourth-order valence-corrected chi connectivity index (χ4v) is 3.77. The molecule has 0 atom stereocenters. The normalized spacial score (nSPS) is 23.6. The Morgan fingerprint density at radius 3 is 2.24 bits per heavy atom. The Morgan fingerprint density at radius 2 is 1.67 bits per heavy atom. The second-order valence-corrected chi connectivity index (χ2v) is 6.62. The van der Waals surface area contributed by atoms with Crippen molar-refractivity contribution in [2.75, 3.05) is 13.2 Å². The largest absolute Gasteiger partial charge is 0.348 e. The van der Waals surface area contributed by atoms with E-state index in [4.69, 9.17) is 9.47 Å². The monoisotopic (exact) mass is 288 g/mol. The molecular formula is C18H24O3. The highest BCUT2D eigenvalue weighted by Gasteiger charge is 2.47. The van der Waals surface area contributed by atoms with Crippen molar-refractivity contribution in [1.82, 2.24) is 0 Å². The highest BCUT2D eigenvalue weighted by atomic mass is 16.7. The first-order valence-electron chi connectivity index (χ1n) is 7.94. The van der Waals surface area contributed by atoms with Crippen molar-refractivity contribution in [2.24, 2.45) is 0 Å². The van der Waals surface area contributed by atoms with E-state index in [1.54, 1.807) is 0 Å². The molecule has 0 aromatic heterocycles. The van der Waals surface area contributed by atoms with Gasteiger partial charge >= 0.3 is 0 Å². The van der Waals surface area contributed by atoms with Crippen LogP contribution in [0.15, 0.2) is 24.3 Å². The topological polar surface area (TPSA) is 35.5 Å². The Labute approximate surface area is 126 Å². The highest BCUT2D eigenvalue weighted by Crippen LogP contribution is 2.46. The van der Waals surface area contributed by atoms with Crippen LogP contribution in [-0.2, 0) is 19.7 Å². The lowest BCUT2D eigenvalue weighted by Gasteiger charge is -2.42. The number of rotatable bonds is 3. The maximum absolute atomic E-state index is 12.0. The molecule has 0 radical (unpaired) electrons. The lowest BCUT2D eigenvalue weighted by Crippen LogP contribution is -2.43. The number of aldehydes is 1. The smallest absolute Gasteiger partial charge is 0.168 e. The summed E-state index contributed by atoms with van der Waals surface area (Å²) in [7, 11) is 0. The van der Waals surface area contributed by atoms with Crippen LogP contribution in [0.1, 0.15) is 56.6 Å². The van der Waals surface area contributed by atoms with Crippen LogP contribution in [0.3, 0.4) is 0 Å². The third kappa shape index (κ3) is 2.53. The van der Waals surface area contributed by atoms with Crippen molar-refractivity contribution in [3.63, 3.8) is 0 Å². The van der Waals surface area contributed by atoms with Crippen LogP contribution < -0.4 is 0 Å². The van der Waals surface area contributed by atoms with E-state index in [1.807, 2.05) is 6.07 Å². The number of ether oxygens (including phenoxy) is 2. The van der Waals surface area contributed by atoms with Crippen molar-refractivity contribution in [2.45, 2.75) is 56.7 Å². The van der Waals surface area contributed by atoms with Crippen LogP contribution in [0.4, 0.5) is 0 Å². The van der Waals surface area contributed by atoms with E-state index in [0.717, 1.165) is 32.0 Å². The second kappa shape index (κ2) is 5.54. The van der Waals surface area contributed by atoms with Gasteiger partial charge in [-0.3, -0.25) is 0 Å². The summed E-state index contributed by atoms with van der Waals surface area (Å²) in [6.07, 6.45) is 4.38. The van der Waals surface area contributed by atoms with E-state index in [2.05, 4.69) is 32.0 Å². The van der Waals surface area contributed by atoms with Gasteiger partial charge in [0.15, 0.2) is 5.79 Å². The summed E-state index contributed by atoms with van der Waals surface area (Å²) in [5.41, 5.74) is 2.11. The molecular weight excluding hydrogens is 264 g/mol. The number of carbonyl (C=O) groups is 1. The molecule has 1 aromatic rings. The first-order valence-corrected chi connectivity index (χ1v) is 7.94. The van der Waals surface area contributed by atoms with E-state index in [9.17, 15) is 4.79 Å². The molecule has 3 nitrogen and oxygen atoms in total. The lowest BCUT2D eigenvalue weighted by atomic mass is 9.66. The molecule has 1 aromatic carbocycles. The number of hydrogen-bond acceptors (Lipinski definition) is 3. The fourth-order valence-electron chi connectivity index (χ4n) is 3.77. The predicted molar refractivity (Wildman–Crippen MR) is 81.4 cm³/mol. The van der Waals surface area contributed by atoms with Crippen LogP contribution in [0.25, 0.3) is 0 Å². The Morgan fingerprint density at radius 1 is 1.05 bits per heavy atom. The van der Waals surface area contributed by atoms with Gasteiger partial charge in [-0.15, -0.1) is 0 Å². The van der Waals surface area contributed by atoms with Crippen molar-refractivity contribution < 1.29 is 14.3 Å². The molecule has 1 aliphatic heterocycles. The van der Waals surface area contributed by atoms with Crippen LogP contribution in [0, 0.1) is 0 Å². The molecule has 0 amide bonds. The number of benzene rings is 1. The van der Waals surface area contributed by atoms with Gasteiger partial charge in [0.2, 0.25) is 0 Å². The summed E-state index contributed by atoms with van der Waals surface area (Å²) >= 11 is 0. The summed E-state index contributed by atoms with van der Waals surface area (Å²) in [6.45, 7) is 5.73. The zero-order valence-corrected chi connectivity index (χ0v) is 12.9. The van der Waals surface area contributed by atoms with Gasteiger partial charge in [0.25, 0.3) is 0 Å². The minimum atomic E-state index is -0.417. The first kappa shape index (κ1) is 14.7. The number of hydrogen-bond donors (Lipinski definition) is 0. The summed E-state index contributed by atoms with van der Waals surface area (Å²) in [6, 6.07) is 8.38. The maximum atomic E-state index is 12.0. The zero-order valence-electron chi connectivity index (χ0n) is 12.9. The minimum absolute atomic E-state index is 0.374. The van der Waals surface area contributed by atoms with E-state index in [0.29, 0.717) is 19.1 Å². The van der Waals surface area contributed by atoms with Gasteiger partial charge in [-0.1, -0.05) is 38.1 Å². The molecule has 114 valence electrons. The third-order valence-electron chi connectivity index (χ3n) is 5.06. The molecule has 1 heterocycles. The van der Waals surface area contributed by atoms with Gasteiger partial charge in [0, 0.05) is 12.8 Å². The highest BCUT2D eigenvalue weighted by molar-refractivity contribution is 5.70. The average Bonchev–Trinajstić information content (AvgIpc) is 2.97. The van der Waals surface area contributed by atoms with E-state index in [-0.39, 0.29) is 5.41 Å². The van der Waals surface area contributed by atoms with Crippen LogP contribution in [0.5, 0.6) is 0 Å². The average molecular weight is 288 g/mol. The van der Waals surface area contributed by atoms with Gasteiger partial charge in [-0.2, -0.15) is 0 Å². The molecule has 3 heteroatoms. The van der Waals surface area contributed by atoms with Gasteiger partial charge in [-0.05, 0) is 29.9 Å². The maximum Gasteiger partial charge on any atom is 0.168 e. The summed E-state index contributed by atoms with van der Waals surface area (Å²) in [5.74, 6) is 0.00660. The van der Waals surface area contributed by atoms with Gasteiger partial charge in [-0.25, -0.2) is 0 Å². The Balaban J connectivity index is 1.90. The molecule has 1 saturated carbocycles. The number of carbonyl (C=O) groups excluding carboxylic acids is 1. The molecule has 1 saturated heterocycles. The molecule has 2 fully saturated rings. The molecule has 0 unspecified atom stereocenters. The molecule has 1 aliphatic carbocycles. The fraction of sp³-hybridized carbons (Fsp3) is 0.611. The summed E-state index contributed by atoms with van der Waals surface area (Å²) in [4.78, 5) is 12.0. The Bertz CT molecular complexity index is 505. The van der Waals surface area contributed by atoms with E-state index in [1.165, 1.54) is 11.1 Å². The van der Waals surface area contributed by atoms with Crippen LogP contribution in [0.2, 0.25) is 0 Å². The first-order chi connectivity index (χ1) is 10.1. The minimum Gasteiger partial charge on any atom is -0.348 e. The molecule has 3 rings (SSSR count). The molecule has 0 N–H and O–H groups in total. The van der Waals surface area contributed by atoms with Crippen molar-refractivity contribution in [1.29, 1.82) is 0 Å². The quantitative estimate of drug-likeness (QED) is 0.798. The molecule has 1 spiro atoms. The van der Waals surface area contributed by atoms with Crippen molar-refractivity contribution >= 4 is 6.29 Å². The van der Waals surface area contributed by atoms with Gasteiger partial charge < -0.3 is 14.3 Å². The molecule has 2 aliphatic rings. The van der Waals surface area contributed by atoms with Crippen molar-refractivity contribution in [3.8, 4) is 0 Å². The Kier molecular flexibility index (Phi) is 3.89. The van der Waals surface area contributed by atoms with Gasteiger partial charge in [0.05, 0.1) is 18.6 Å². The lowest BCUT2D eigenvalue weighted by molar-refractivity contribution is -0.184. The second-order valence-electron chi connectivity index (χ2n) is 6.62. The van der Waals surface area contributed by atoms with E-state index < -0.39 is 5.79 Å². The third-order valence-corrected chi connectivity index (χ3v) is 5.06. The standard InChI is InChI=1S/C18H24O3/c1-14(2)15-5-3-4-6-16(15)17(13-19)7-9-18(10-8-17)20-11-12-21-18/h3-6,13-14H,7-12H2,1-2H3. The van der Waals surface area contributed by atoms with E-state index >= 15 is 0 Å². The summed E-state index contributed by atoms with van der Waals surface area (Å²) in [5, 5.41) is 0. The molecule has 0 bridgehead atoms. The van der Waals surface area contributed by atoms with Crippen LogP contribution >= 0.6 is 0 Å². The molecule has 21 heavy (non-hydrogen) atoms. The predicted octanol–water partition coefficient (Wildman–Crippen LogP) is 3.56.